The van der Waals surface area contributed by atoms with E-state index in [-0.39, 0.29) is 0 Å². The minimum atomic E-state index is 0.344. The lowest BCUT2D eigenvalue weighted by Crippen LogP contribution is -2.14. The zero-order valence-electron chi connectivity index (χ0n) is 51.9. The average molecular weight is 1160 g/mol. The molecule has 0 heterocycles. The molecule has 0 unspecified atom stereocenters. The van der Waals surface area contributed by atoms with Gasteiger partial charge in [0, 0.05) is 34.1 Å². The summed E-state index contributed by atoms with van der Waals surface area (Å²) in [5.41, 5.74) is 31.2. The third-order valence-electron chi connectivity index (χ3n) is 18.6. The van der Waals surface area contributed by atoms with Crippen LogP contribution in [-0.4, -0.2) is 0 Å². The van der Waals surface area contributed by atoms with E-state index in [9.17, 15) is 0 Å². The van der Waals surface area contributed by atoms with Gasteiger partial charge in [-0.2, -0.15) is 0 Å². The van der Waals surface area contributed by atoms with Crippen LogP contribution in [0.4, 0.5) is 34.1 Å². The Hall–Kier alpha value is -10.8. The first-order chi connectivity index (χ1) is 44.2. The molecule has 14 aromatic rings. The summed E-state index contributed by atoms with van der Waals surface area (Å²) < 4.78 is 0. The van der Waals surface area contributed by atoms with E-state index in [0.29, 0.717) is 11.8 Å². The number of nitrogens with zero attached hydrogens (tertiary/aromatic N) is 2. The Labute approximate surface area is 530 Å². The van der Waals surface area contributed by atoms with Crippen LogP contribution in [0.3, 0.4) is 0 Å². The minimum Gasteiger partial charge on any atom is -0.310 e. The Morgan fingerprint density at radius 3 is 0.800 bits per heavy atom. The fourth-order valence-electron chi connectivity index (χ4n) is 14.0. The van der Waals surface area contributed by atoms with Crippen LogP contribution >= 0.6 is 0 Å². The molecule has 1 aliphatic rings. The van der Waals surface area contributed by atoms with E-state index in [0.717, 1.165) is 34.1 Å². The maximum Gasteiger partial charge on any atom is 0.0493 e. The van der Waals surface area contributed by atoms with Gasteiger partial charge in [0.2, 0.25) is 0 Å². The number of anilines is 6. The lowest BCUT2D eigenvalue weighted by molar-refractivity contribution is 0.865. The Morgan fingerprint density at radius 2 is 0.489 bits per heavy atom. The van der Waals surface area contributed by atoms with Crippen LogP contribution in [0.2, 0.25) is 0 Å². The largest absolute Gasteiger partial charge is 0.310 e. The Bertz CT molecular complexity index is 4670. The molecule has 14 aromatic carbocycles. The van der Waals surface area contributed by atoms with Crippen molar-refractivity contribution in [2.45, 2.75) is 53.4 Å². The number of rotatable bonds is 14. The summed E-state index contributed by atoms with van der Waals surface area (Å²) >= 11 is 0. The summed E-state index contributed by atoms with van der Waals surface area (Å²) in [6.07, 6.45) is 0. The Kier molecular flexibility index (Phi) is 14.5. The second kappa shape index (κ2) is 23.4. The number of hydrogen-bond acceptors (Lipinski definition) is 2. The lowest BCUT2D eigenvalue weighted by atomic mass is 9.65. The van der Waals surface area contributed by atoms with Gasteiger partial charge in [0.25, 0.3) is 0 Å². The van der Waals surface area contributed by atoms with Crippen molar-refractivity contribution in [2.75, 3.05) is 9.80 Å². The van der Waals surface area contributed by atoms with E-state index >= 15 is 0 Å². The van der Waals surface area contributed by atoms with Crippen molar-refractivity contribution >= 4 is 55.7 Å². The van der Waals surface area contributed by atoms with E-state index in [1.54, 1.807) is 0 Å². The normalized spacial score (nSPS) is 11.6. The molecule has 1 aliphatic carbocycles. The van der Waals surface area contributed by atoms with Gasteiger partial charge in [0.1, 0.15) is 0 Å². The van der Waals surface area contributed by atoms with Crippen molar-refractivity contribution in [3.63, 3.8) is 0 Å². The molecule has 15 rings (SSSR count). The molecule has 0 fully saturated rings. The summed E-state index contributed by atoms with van der Waals surface area (Å²) in [4.78, 5) is 5.02. The van der Waals surface area contributed by atoms with Crippen molar-refractivity contribution in [3.05, 3.63) is 326 Å². The molecule has 0 atom stereocenters. The van der Waals surface area contributed by atoms with Crippen molar-refractivity contribution < 1.29 is 0 Å². The van der Waals surface area contributed by atoms with Crippen molar-refractivity contribution in [1.29, 1.82) is 0 Å². The van der Waals surface area contributed by atoms with Gasteiger partial charge >= 0.3 is 0 Å². The topological polar surface area (TPSA) is 6.48 Å². The summed E-state index contributed by atoms with van der Waals surface area (Å²) in [7, 11) is 0. The Balaban J connectivity index is 1.07. The van der Waals surface area contributed by atoms with Crippen molar-refractivity contribution in [2.24, 2.45) is 0 Å². The third-order valence-corrected chi connectivity index (χ3v) is 18.6. The minimum absolute atomic E-state index is 0.344. The first-order valence-corrected chi connectivity index (χ1v) is 31.8. The van der Waals surface area contributed by atoms with E-state index in [1.807, 2.05) is 0 Å². The molecule has 0 saturated heterocycles. The van der Waals surface area contributed by atoms with Crippen LogP contribution in [0.25, 0.3) is 111 Å². The quantitative estimate of drug-likeness (QED) is 0.107. The van der Waals surface area contributed by atoms with E-state index in [1.165, 1.54) is 133 Å². The molecule has 0 aliphatic heterocycles. The molecule has 0 spiro atoms. The smallest absolute Gasteiger partial charge is 0.0493 e. The second-order valence-corrected chi connectivity index (χ2v) is 24.8. The van der Waals surface area contributed by atoms with Gasteiger partial charge < -0.3 is 9.80 Å². The monoisotopic (exact) mass is 1150 g/mol. The fourth-order valence-corrected chi connectivity index (χ4v) is 14.0. The van der Waals surface area contributed by atoms with Crippen LogP contribution in [0.15, 0.2) is 303 Å². The maximum absolute atomic E-state index is 2.51. The highest BCUT2D eigenvalue weighted by atomic mass is 15.2. The Morgan fingerprint density at radius 1 is 0.211 bits per heavy atom. The highest BCUT2D eigenvalue weighted by Gasteiger charge is 2.39. The third kappa shape index (κ3) is 9.86. The zero-order valence-corrected chi connectivity index (χ0v) is 51.9. The zero-order chi connectivity index (χ0) is 61.0. The highest BCUT2D eigenvalue weighted by Crippen LogP contribution is 2.66. The molecule has 432 valence electrons. The number of aryl methyl sites for hydroxylation is 2. The molecule has 0 radical (unpaired) electrons. The molecule has 0 saturated carbocycles. The van der Waals surface area contributed by atoms with Gasteiger partial charge in [0.05, 0.1) is 0 Å². The lowest BCUT2D eigenvalue weighted by Gasteiger charge is -2.38. The van der Waals surface area contributed by atoms with Gasteiger partial charge in [-0.3, -0.25) is 0 Å². The van der Waals surface area contributed by atoms with Gasteiger partial charge in [-0.05, 0) is 219 Å². The standard InChI is InChI=1S/C88H70N2/c1-57(2)67-45-43-59(5)79(53-67)89(71-41-25-39-69(51-71)61-27-13-7-14-28-61)73-47-49-75-77(55-73)83(65-35-21-11-22-36-65)87-85(81(75)63-31-17-9-18-32-63)86-82(64-33-19-10-20-34-64)76-50-48-74(56-78(76)84(88(86)87)66-37-23-12-24-38-66)90(80-54-68(58(3)4)46-44-60(80)6)72-42-26-40-70(52-72)62-29-15-8-16-30-62/h7-58H,1-6H3. The van der Waals surface area contributed by atoms with Gasteiger partial charge in [-0.15, -0.1) is 0 Å². The SMILES string of the molecule is Cc1ccc(C(C)C)cc1N(c1cccc(-c2ccccc2)c1)c1ccc2c(-c3ccccc3)c3c(c(-c4ccccc4)c2c1)-c1c-3c(-c2ccccc2)c2ccc(N(c3cccc(-c4ccccc4)c3)c3cc(C(C)C)ccc3C)cc2c1-c1ccccc1. The molecule has 0 N–H and O–H groups in total. The van der Waals surface area contributed by atoms with Crippen LogP contribution < -0.4 is 9.80 Å². The highest BCUT2D eigenvalue weighted by molar-refractivity contribution is 6.33. The van der Waals surface area contributed by atoms with Gasteiger partial charge in [0.15, 0.2) is 0 Å². The van der Waals surface area contributed by atoms with Crippen LogP contribution in [0.1, 0.15) is 61.8 Å². The summed E-state index contributed by atoms with van der Waals surface area (Å²) in [6.45, 7) is 13.7. The van der Waals surface area contributed by atoms with Crippen LogP contribution in [-0.2, 0) is 0 Å². The summed E-state index contributed by atoms with van der Waals surface area (Å²) in [5.74, 6) is 0.688. The second-order valence-electron chi connectivity index (χ2n) is 24.8. The summed E-state index contributed by atoms with van der Waals surface area (Å²) in [5, 5.41) is 4.81. The number of fused-ring (bicyclic) bond motifs is 6. The van der Waals surface area contributed by atoms with Crippen LogP contribution in [0.5, 0.6) is 0 Å². The van der Waals surface area contributed by atoms with Crippen LogP contribution in [0, 0.1) is 13.8 Å². The van der Waals surface area contributed by atoms with Crippen molar-refractivity contribution in [1.82, 2.24) is 0 Å². The molecule has 90 heavy (non-hydrogen) atoms. The fraction of sp³-hybridized carbons (Fsp3) is 0.0909. The predicted octanol–water partition coefficient (Wildman–Crippen LogP) is 25.4. The van der Waals surface area contributed by atoms with Gasteiger partial charge in [-0.25, -0.2) is 0 Å². The average Bonchev–Trinajstić information content (AvgIpc) is 0.671. The van der Waals surface area contributed by atoms with E-state index in [2.05, 4.69) is 355 Å². The molecule has 0 bridgehead atoms. The predicted molar refractivity (Wildman–Crippen MR) is 386 cm³/mol. The first kappa shape index (κ1) is 55.8. The first-order valence-electron chi connectivity index (χ1n) is 31.8. The molecule has 0 amide bonds. The van der Waals surface area contributed by atoms with Crippen molar-refractivity contribution in [3.8, 4) is 89.0 Å². The molecule has 2 heteroatoms. The maximum atomic E-state index is 2.51. The van der Waals surface area contributed by atoms with Gasteiger partial charge in [-0.1, -0.05) is 270 Å². The van der Waals surface area contributed by atoms with E-state index in [4.69, 9.17) is 0 Å². The molecular weight excluding hydrogens is 1080 g/mol. The van der Waals surface area contributed by atoms with E-state index < -0.39 is 0 Å². The molecular formula is C88H70N2. The number of hydrogen-bond donors (Lipinski definition) is 0. The molecule has 2 nitrogen and oxygen atoms in total. The molecule has 0 aromatic heterocycles. The number of benzene rings is 14. The summed E-state index contributed by atoms with van der Waals surface area (Å²) in [6, 6.07) is 113.